The smallest absolute Gasteiger partial charge is 0.274 e. The van der Waals surface area contributed by atoms with Gasteiger partial charge in [-0.05, 0) is 24.6 Å². The van der Waals surface area contributed by atoms with E-state index in [9.17, 15) is 10.1 Å². The Hall–Kier alpha value is -2.87. The quantitative estimate of drug-likeness (QED) is 0.680. The summed E-state index contributed by atoms with van der Waals surface area (Å²) in [6.07, 6.45) is 0. The topological polar surface area (TPSA) is 79.0 Å². The standard InChI is InChI=1S/C15H13N3O2/c1-11-14(7-4-8-15(11)18(19)20)17-10-13-6-3-2-5-12(13)9-16/h2-8,17H,10H2,1H3. The number of anilines is 1. The zero-order chi connectivity index (χ0) is 14.5. The van der Waals surface area contributed by atoms with Gasteiger partial charge in [0.1, 0.15) is 0 Å². The largest absolute Gasteiger partial charge is 0.380 e. The predicted octanol–water partition coefficient (Wildman–Crippen LogP) is 3.39. The molecule has 0 bridgehead atoms. The molecule has 0 aliphatic heterocycles. The molecule has 2 rings (SSSR count). The van der Waals surface area contributed by atoms with Gasteiger partial charge in [-0.2, -0.15) is 5.26 Å². The van der Waals surface area contributed by atoms with Gasteiger partial charge in [0.2, 0.25) is 0 Å². The maximum absolute atomic E-state index is 10.9. The van der Waals surface area contributed by atoms with Crippen LogP contribution in [0.1, 0.15) is 16.7 Å². The van der Waals surface area contributed by atoms with Gasteiger partial charge in [0.05, 0.1) is 16.6 Å². The molecule has 0 saturated carbocycles. The monoisotopic (exact) mass is 267 g/mol. The molecule has 0 heterocycles. The van der Waals surface area contributed by atoms with Crippen molar-refractivity contribution in [3.63, 3.8) is 0 Å². The van der Waals surface area contributed by atoms with Gasteiger partial charge >= 0.3 is 0 Å². The summed E-state index contributed by atoms with van der Waals surface area (Å²) in [5.41, 5.74) is 2.84. The molecule has 0 fully saturated rings. The second-order valence-electron chi connectivity index (χ2n) is 4.33. The van der Waals surface area contributed by atoms with Crippen LogP contribution in [-0.2, 0) is 6.54 Å². The lowest BCUT2D eigenvalue weighted by atomic mass is 10.1. The van der Waals surface area contributed by atoms with E-state index in [1.807, 2.05) is 12.1 Å². The van der Waals surface area contributed by atoms with Crippen molar-refractivity contribution in [2.75, 3.05) is 5.32 Å². The van der Waals surface area contributed by atoms with Crippen molar-refractivity contribution >= 4 is 11.4 Å². The molecule has 0 aliphatic rings. The van der Waals surface area contributed by atoms with Crippen LogP contribution in [0.2, 0.25) is 0 Å². The van der Waals surface area contributed by atoms with Crippen LogP contribution in [0.4, 0.5) is 11.4 Å². The molecule has 2 aromatic rings. The van der Waals surface area contributed by atoms with Crippen LogP contribution in [0.25, 0.3) is 0 Å². The summed E-state index contributed by atoms with van der Waals surface area (Å²) in [5.74, 6) is 0. The Morgan fingerprint density at radius 3 is 2.70 bits per heavy atom. The number of nitro benzene ring substituents is 1. The molecule has 20 heavy (non-hydrogen) atoms. The molecule has 0 radical (unpaired) electrons. The Labute approximate surface area is 116 Å². The van der Waals surface area contributed by atoms with Gasteiger partial charge in [-0.1, -0.05) is 24.3 Å². The van der Waals surface area contributed by atoms with Crippen molar-refractivity contribution in [1.82, 2.24) is 0 Å². The minimum absolute atomic E-state index is 0.0866. The van der Waals surface area contributed by atoms with Gasteiger partial charge < -0.3 is 5.32 Å². The van der Waals surface area contributed by atoms with Crippen LogP contribution in [-0.4, -0.2) is 4.92 Å². The molecule has 0 aliphatic carbocycles. The number of hydrogen-bond donors (Lipinski definition) is 1. The van der Waals surface area contributed by atoms with Crippen LogP contribution in [0.15, 0.2) is 42.5 Å². The Morgan fingerprint density at radius 1 is 1.25 bits per heavy atom. The van der Waals surface area contributed by atoms with Gasteiger partial charge in [0, 0.05) is 23.9 Å². The van der Waals surface area contributed by atoms with E-state index in [1.165, 1.54) is 6.07 Å². The van der Waals surface area contributed by atoms with E-state index in [-0.39, 0.29) is 5.69 Å². The van der Waals surface area contributed by atoms with Crippen LogP contribution in [0, 0.1) is 28.4 Å². The highest BCUT2D eigenvalue weighted by Gasteiger charge is 2.13. The SMILES string of the molecule is Cc1c(NCc2ccccc2C#N)cccc1[N+](=O)[O-]. The highest BCUT2D eigenvalue weighted by molar-refractivity contribution is 5.60. The van der Waals surface area contributed by atoms with Crippen LogP contribution >= 0.6 is 0 Å². The number of benzene rings is 2. The van der Waals surface area contributed by atoms with E-state index in [4.69, 9.17) is 5.26 Å². The van der Waals surface area contributed by atoms with E-state index in [0.717, 1.165) is 5.56 Å². The van der Waals surface area contributed by atoms with E-state index in [0.29, 0.717) is 23.4 Å². The number of nitrogens with one attached hydrogen (secondary N) is 1. The van der Waals surface area contributed by atoms with E-state index >= 15 is 0 Å². The zero-order valence-electron chi connectivity index (χ0n) is 11.0. The average molecular weight is 267 g/mol. The summed E-state index contributed by atoms with van der Waals surface area (Å²) in [7, 11) is 0. The first-order valence-corrected chi connectivity index (χ1v) is 6.09. The maximum atomic E-state index is 10.9. The minimum Gasteiger partial charge on any atom is -0.380 e. The molecule has 100 valence electrons. The molecule has 5 heteroatoms. The van der Waals surface area contributed by atoms with Crippen LogP contribution in [0.5, 0.6) is 0 Å². The van der Waals surface area contributed by atoms with Gasteiger partial charge in [-0.25, -0.2) is 0 Å². The first-order chi connectivity index (χ1) is 9.63. The molecule has 5 nitrogen and oxygen atoms in total. The van der Waals surface area contributed by atoms with Crippen molar-refractivity contribution in [1.29, 1.82) is 5.26 Å². The highest BCUT2D eigenvalue weighted by Crippen LogP contribution is 2.25. The second kappa shape index (κ2) is 5.85. The normalized spacial score (nSPS) is 9.80. The molecule has 1 N–H and O–H groups in total. The Bertz CT molecular complexity index is 690. The molecule has 0 aromatic heterocycles. The number of nitrogens with zero attached hydrogens (tertiary/aromatic N) is 2. The van der Waals surface area contributed by atoms with Crippen molar-refractivity contribution in [3.8, 4) is 6.07 Å². The number of hydrogen-bond acceptors (Lipinski definition) is 4. The number of nitriles is 1. The molecule has 2 aromatic carbocycles. The molecular weight excluding hydrogens is 254 g/mol. The lowest BCUT2D eigenvalue weighted by Gasteiger charge is -2.10. The average Bonchev–Trinajstić information content (AvgIpc) is 2.46. The molecule has 0 amide bonds. The second-order valence-corrected chi connectivity index (χ2v) is 4.33. The summed E-state index contributed by atoms with van der Waals surface area (Å²) in [6.45, 7) is 2.16. The number of rotatable bonds is 4. The van der Waals surface area contributed by atoms with Crippen LogP contribution in [0.3, 0.4) is 0 Å². The molecule has 0 atom stereocenters. The molecular formula is C15H13N3O2. The van der Waals surface area contributed by atoms with Crippen molar-refractivity contribution in [2.24, 2.45) is 0 Å². The van der Waals surface area contributed by atoms with E-state index in [2.05, 4.69) is 11.4 Å². The first kappa shape index (κ1) is 13.6. The van der Waals surface area contributed by atoms with Gasteiger partial charge in [0.25, 0.3) is 5.69 Å². The minimum atomic E-state index is -0.399. The fraction of sp³-hybridized carbons (Fsp3) is 0.133. The third kappa shape index (κ3) is 2.75. The van der Waals surface area contributed by atoms with Crippen molar-refractivity contribution in [2.45, 2.75) is 13.5 Å². The number of nitro groups is 1. The Kier molecular flexibility index (Phi) is 3.96. The van der Waals surface area contributed by atoms with E-state index in [1.54, 1.807) is 31.2 Å². The lowest BCUT2D eigenvalue weighted by molar-refractivity contribution is -0.385. The lowest BCUT2D eigenvalue weighted by Crippen LogP contribution is -2.04. The summed E-state index contributed by atoms with van der Waals surface area (Å²) < 4.78 is 0. The summed E-state index contributed by atoms with van der Waals surface area (Å²) in [4.78, 5) is 10.5. The van der Waals surface area contributed by atoms with Crippen LogP contribution < -0.4 is 5.32 Å². The summed E-state index contributed by atoms with van der Waals surface area (Å²) >= 11 is 0. The highest BCUT2D eigenvalue weighted by atomic mass is 16.6. The van der Waals surface area contributed by atoms with Gasteiger partial charge in [-0.15, -0.1) is 0 Å². The predicted molar refractivity (Wildman–Crippen MR) is 76.3 cm³/mol. The van der Waals surface area contributed by atoms with Crippen molar-refractivity contribution < 1.29 is 4.92 Å². The Balaban J connectivity index is 2.22. The third-order valence-electron chi connectivity index (χ3n) is 3.11. The van der Waals surface area contributed by atoms with Crippen molar-refractivity contribution in [3.05, 3.63) is 69.3 Å². The van der Waals surface area contributed by atoms with E-state index < -0.39 is 4.92 Å². The van der Waals surface area contributed by atoms with Gasteiger partial charge in [0.15, 0.2) is 0 Å². The summed E-state index contributed by atoms with van der Waals surface area (Å²) in [5, 5.41) is 23.0. The third-order valence-corrected chi connectivity index (χ3v) is 3.11. The molecule has 0 unspecified atom stereocenters. The first-order valence-electron chi connectivity index (χ1n) is 6.09. The van der Waals surface area contributed by atoms with Gasteiger partial charge in [-0.3, -0.25) is 10.1 Å². The Morgan fingerprint density at radius 2 is 2.00 bits per heavy atom. The fourth-order valence-electron chi connectivity index (χ4n) is 1.99. The maximum Gasteiger partial charge on any atom is 0.274 e. The fourth-order valence-corrected chi connectivity index (χ4v) is 1.99. The summed E-state index contributed by atoms with van der Waals surface area (Å²) in [6, 6.07) is 14.3. The molecule has 0 saturated heterocycles. The zero-order valence-corrected chi connectivity index (χ0v) is 11.0. The molecule has 0 spiro atoms.